The van der Waals surface area contributed by atoms with Gasteiger partial charge in [-0.3, -0.25) is 4.79 Å². The number of halogens is 4. The van der Waals surface area contributed by atoms with Gasteiger partial charge in [0, 0.05) is 27.2 Å². The summed E-state index contributed by atoms with van der Waals surface area (Å²) in [5, 5.41) is 7.06. The van der Waals surface area contributed by atoms with Crippen LogP contribution in [-0.4, -0.2) is 24.9 Å². The van der Waals surface area contributed by atoms with Crippen molar-refractivity contribution >= 4 is 45.9 Å². The standard InChI is InChI=1S/C26H28F3IN2O2S/c1-15-10-11-18(19(30)14-15)22-16(2)25(35-13-7-12-26(27,28)29)31-17(3)23(22)24(33)32-20-8-5-6-9-21(20)34-4/h5-6,8-11,14,22,31H,7,12-13H2,1-4H3,(H,32,33). The topological polar surface area (TPSA) is 50.4 Å². The molecule has 4 nitrogen and oxygen atoms in total. The van der Waals surface area contributed by atoms with Gasteiger partial charge >= 0.3 is 6.18 Å². The molecule has 9 heteroatoms. The predicted molar refractivity (Wildman–Crippen MR) is 145 cm³/mol. The lowest BCUT2D eigenvalue weighted by Crippen LogP contribution is -2.30. The molecule has 2 aromatic carbocycles. The molecule has 0 spiro atoms. The fourth-order valence-electron chi connectivity index (χ4n) is 3.99. The predicted octanol–water partition coefficient (Wildman–Crippen LogP) is 7.51. The Bertz CT molecular complexity index is 1160. The molecule has 1 amide bonds. The summed E-state index contributed by atoms with van der Waals surface area (Å²) >= 11 is 3.64. The van der Waals surface area contributed by atoms with Crippen LogP contribution in [0.1, 0.15) is 43.7 Å². The van der Waals surface area contributed by atoms with Gasteiger partial charge in [-0.15, -0.1) is 11.8 Å². The number of thioether (sulfide) groups is 1. The van der Waals surface area contributed by atoms with Crippen LogP contribution in [0.25, 0.3) is 0 Å². The van der Waals surface area contributed by atoms with E-state index in [1.807, 2.05) is 45.0 Å². The third kappa shape index (κ3) is 6.97. The molecule has 1 heterocycles. The summed E-state index contributed by atoms with van der Waals surface area (Å²) in [6.45, 7) is 5.77. The van der Waals surface area contributed by atoms with Gasteiger partial charge in [0.2, 0.25) is 0 Å². The average Bonchev–Trinajstić information content (AvgIpc) is 2.78. The summed E-state index contributed by atoms with van der Waals surface area (Å²) < 4.78 is 44.2. The normalized spacial score (nSPS) is 16.3. The lowest BCUT2D eigenvalue weighted by molar-refractivity contribution is -0.134. The van der Waals surface area contributed by atoms with E-state index >= 15 is 0 Å². The first-order valence-electron chi connectivity index (χ1n) is 11.1. The Kier molecular flexibility index (Phi) is 9.20. The van der Waals surface area contributed by atoms with Crippen LogP contribution in [0.3, 0.4) is 0 Å². The number of nitrogens with one attached hydrogen (secondary N) is 2. The van der Waals surface area contributed by atoms with E-state index < -0.39 is 12.6 Å². The first kappa shape index (κ1) is 27.4. The molecule has 0 fully saturated rings. The molecule has 0 bridgehead atoms. The number of hydrogen-bond acceptors (Lipinski definition) is 4. The molecule has 0 radical (unpaired) electrons. The molecule has 3 rings (SSSR count). The first-order chi connectivity index (χ1) is 16.5. The molecule has 1 atom stereocenters. The van der Waals surface area contributed by atoms with Crippen LogP contribution in [0.15, 0.2) is 64.3 Å². The van der Waals surface area contributed by atoms with Crippen molar-refractivity contribution in [3.05, 3.63) is 79.0 Å². The molecule has 2 N–H and O–H groups in total. The van der Waals surface area contributed by atoms with Crippen molar-refractivity contribution in [1.82, 2.24) is 5.32 Å². The van der Waals surface area contributed by atoms with Crippen LogP contribution in [0, 0.1) is 10.5 Å². The van der Waals surface area contributed by atoms with E-state index in [2.05, 4.69) is 39.3 Å². The number of benzene rings is 2. The van der Waals surface area contributed by atoms with Gasteiger partial charge in [0.05, 0.1) is 17.8 Å². The Labute approximate surface area is 221 Å². The van der Waals surface area contributed by atoms with Crippen LogP contribution in [0.4, 0.5) is 18.9 Å². The molecule has 1 unspecified atom stereocenters. The number of para-hydroxylation sites is 2. The second kappa shape index (κ2) is 11.7. The molecule has 2 aromatic rings. The highest BCUT2D eigenvalue weighted by Gasteiger charge is 2.34. The van der Waals surface area contributed by atoms with E-state index in [4.69, 9.17) is 4.74 Å². The second-order valence-electron chi connectivity index (χ2n) is 8.36. The zero-order valence-electron chi connectivity index (χ0n) is 20.0. The summed E-state index contributed by atoms with van der Waals surface area (Å²) in [6.07, 6.45) is -4.94. The van der Waals surface area contributed by atoms with Crippen LogP contribution >= 0.6 is 34.4 Å². The largest absolute Gasteiger partial charge is 0.495 e. The maximum atomic E-state index is 13.6. The minimum Gasteiger partial charge on any atom is -0.495 e. The molecule has 0 saturated heterocycles. The third-order valence-corrected chi connectivity index (χ3v) is 7.84. The van der Waals surface area contributed by atoms with Crippen LogP contribution < -0.4 is 15.4 Å². The highest BCUT2D eigenvalue weighted by molar-refractivity contribution is 14.1. The van der Waals surface area contributed by atoms with E-state index in [9.17, 15) is 18.0 Å². The van der Waals surface area contributed by atoms with Gasteiger partial charge in [-0.1, -0.05) is 29.8 Å². The number of rotatable bonds is 8. The number of amides is 1. The fourth-order valence-corrected chi connectivity index (χ4v) is 6.04. The van der Waals surface area contributed by atoms with Crippen molar-refractivity contribution in [3.63, 3.8) is 0 Å². The Morgan fingerprint density at radius 1 is 1.17 bits per heavy atom. The molecule has 1 aliphatic heterocycles. The van der Waals surface area contributed by atoms with Crippen LogP contribution in [0.5, 0.6) is 5.75 Å². The lowest BCUT2D eigenvalue weighted by Gasteiger charge is -2.32. The Morgan fingerprint density at radius 2 is 1.89 bits per heavy atom. The average molecular weight is 616 g/mol. The Morgan fingerprint density at radius 3 is 2.54 bits per heavy atom. The van der Waals surface area contributed by atoms with Gasteiger partial charge in [0.15, 0.2) is 0 Å². The quantitative estimate of drug-likeness (QED) is 0.238. The lowest BCUT2D eigenvalue weighted by atomic mass is 9.82. The number of carbonyl (C=O) groups excluding carboxylic acids is 1. The maximum absolute atomic E-state index is 13.6. The van der Waals surface area contributed by atoms with E-state index in [1.54, 1.807) is 19.2 Å². The zero-order valence-corrected chi connectivity index (χ0v) is 23.0. The number of ether oxygens (including phenoxy) is 1. The van der Waals surface area contributed by atoms with Gasteiger partial charge in [-0.25, -0.2) is 0 Å². The summed E-state index contributed by atoms with van der Waals surface area (Å²) in [6, 6.07) is 13.3. The van der Waals surface area contributed by atoms with Crippen molar-refractivity contribution in [3.8, 4) is 5.75 Å². The van der Waals surface area contributed by atoms with Crippen molar-refractivity contribution < 1.29 is 22.7 Å². The number of allylic oxidation sites excluding steroid dienone is 2. The van der Waals surface area contributed by atoms with Gasteiger partial charge in [-0.05, 0) is 84.9 Å². The van der Waals surface area contributed by atoms with Gasteiger partial charge < -0.3 is 15.4 Å². The van der Waals surface area contributed by atoms with Gasteiger partial charge in [0.1, 0.15) is 5.75 Å². The monoisotopic (exact) mass is 616 g/mol. The van der Waals surface area contributed by atoms with Crippen molar-refractivity contribution in [1.29, 1.82) is 0 Å². The molecule has 0 aliphatic carbocycles. The number of aryl methyl sites for hydroxylation is 1. The van der Waals surface area contributed by atoms with Crippen molar-refractivity contribution in [2.75, 3.05) is 18.2 Å². The highest BCUT2D eigenvalue weighted by Crippen LogP contribution is 2.43. The molecule has 0 aromatic heterocycles. The van der Waals surface area contributed by atoms with Crippen molar-refractivity contribution in [2.24, 2.45) is 0 Å². The summed E-state index contributed by atoms with van der Waals surface area (Å²) in [4.78, 5) is 13.6. The number of methoxy groups -OCH3 is 1. The van der Waals surface area contributed by atoms with E-state index in [0.29, 0.717) is 28.5 Å². The SMILES string of the molecule is COc1ccccc1NC(=O)C1=C(C)NC(SCCCC(F)(F)F)=C(C)C1c1ccc(C)cc1I. The van der Waals surface area contributed by atoms with E-state index in [0.717, 1.165) is 25.3 Å². The number of carbonyl (C=O) groups is 1. The van der Waals surface area contributed by atoms with Crippen LogP contribution in [0.2, 0.25) is 0 Å². The zero-order chi connectivity index (χ0) is 25.8. The maximum Gasteiger partial charge on any atom is 0.389 e. The minimum absolute atomic E-state index is 0.0310. The number of alkyl halides is 3. The minimum atomic E-state index is -4.16. The van der Waals surface area contributed by atoms with Crippen LogP contribution in [-0.2, 0) is 4.79 Å². The summed E-state index contributed by atoms with van der Waals surface area (Å²) in [5.74, 6) is 0.273. The molecule has 1 aliphatic rings. The van der Waals surface area contributed by atoms with Crippen molar-refractivity contribution in [2.45, 2.75) is 45.7 Å². The second-order valence-corrected chi connectivity index (χ2v) is 10.6. The molecular formula is C26H28F3IN2O2S. The van der Waals surface area contributed by atoms with Gasteiger partial charge in [0.25, 0.3) is 5.91 Å². The molecule has 0 saturated carbocycles. The molecule has 188 valence electrons. The summed E-state index contributed by atoms with van der Waals surface area (Å²) in [5.41, 5.74) is 4.79. The Balaban J connectivity index is 1.96. The first-order valence-corrected chi connectivity index (χ1v) is 13.2. The van der Waals surface area contributed by atoms with E-state index in [-0.39, 0.29) is 18.2 Å². The number of hydrogen-bond donors (Lipinski definition) is 2. The molecular weight excluding hydrogens is 588 g/mol. The number of anilines is 1. The van der Waals surface area contributed by atoms with E-state index in [1.165, 1.54) is 11.8 Å². The number of dihydropyridines is 1. The Hall–Kier alpha value is -2.14. The summed E-state index contributed by atoms with van der Waals surface area (Å²) in [7, 11) is 1.55. The smallest absolute Gasteiger partial charge is 0.389 e. The highest BCUT2D eigenvalue weighted by atomic mass is 127. The third-order valence-electron chi connectivity index (χ3n) is 5.70. The molecule has 35 heavy (non-hydrogen) atoms. The fraction of sp³-hybridized carbons (Fsp3) is 0.346. The van der Waals surface area contributed by atoms with Gasteiger partial charge in [-0.2, -0.15) is 13.2 Å².